The number of benzene rings is 1. The summed E-state index contributed by atoms with van der Waals surface area (Å²) in [6, 6.07) is 9.88. The lowest BCUT2D eigenvalue weighted by Gasteiger charge is -2.23. The molecule has 0 atom stereocenters. The van der Waals surface area contributed by atoms with Crippen molar-refractivity contribution in [1.29, 1.82) is 0 Å². The van der Waals surface area contributed by atoms with E-state index in [1.165, 1.54) is 36.8 Å². The first-order chi connectivity index (χ1) is 10.3. The maximum absolute atomic E-state index is 12.4. The predicted octanol–water partition coefficient (Wildman–Crippen LogP) is 2.88. The van der Waals surface area contributed by atoms with E-state index in [4.69, 9.17) is 0 Å². The molecule has 0 saturated heterocycles. The zero-order chi connectivity index (χ0) is 14.7. The fraction of sp³-hybridized carbons (Fsp3) is 0.611. The third-order valence-electron chi connectivity index (χ3n) is 4.44. The molecule has 2 aliphatic carbocycles. The Labute approximate surface area is 127 Å². The maximum Gasteiger partial charge on any atom is 0.224 e. The summed E-state index contributed by atoms with van der Waals surface area (Å²) in [7, 11) is 0. The number of aryl methyl sites for hydroxylation is 1. The Balaban J connectivity index is 1.53. The summed E-state index contributed by atoms with van der Waals surface area (Å²) in [6.45, 7) is 3.78. The molecule has 0 bridgehead atoms. The van der Waals surface area contributed by atoms with E-state index in [2.05, 4.69) is 41.4 Å². The van der Waals surface area contributed by atoms with Crippen molar-refractivity contribution in [2.45, 2.75) is 64.1 Å². The summed E-state index contributed by atoms with van der Waals surface area (Å²) in [5, 5.41) is 3.43. The Morgan fingerprint density at radius 1 is 1.14 bits per heavy atom. The predicted molar refractivity (Wildman–Crippen MR) is 85.0 cm³/mol. The standard InChI is InChI=1S/C18H26N2O/c1-2-14-3-5-15(6-4-14)13-20(17-9-10-17)18(21)11-12-19-16-7-8-16/h3-6,16-17,19H,2,7-13H2,1H3. The average molecular weight is 286 g/mol. The molecule has 2 fully saturated rings. The number of nitrogens with zero attached hydrogens (tertiary/aromatic N) is 1. The molecule has 0 unspecified atom stereocenters. The van der Waals surface area contributed by atoms with Crippen LogP contribution in [0.2, 0.25) is 0 Å². The number of nitrogens with one attached hydrogen (secondary N) is 1. The molecule has 0 heterocycles. The minimum Gasteiger partial charge on any atom is -0.335 e. The second-order valence-corrected chi connectivity index (χ2v) is 6.40. The van der Waals surface area contributed by atoms with Crippen LogP contribution in [0.25, 0.3) is 0 Å². The third kappa shape index (κ3) is 4.31. The summed E-state index contributed by atoms with van der Waals surface area (Å²) < 4.78 is 0. The van der Waals surface area contributed by atoms with Crippen molar-refractivity contribution in [2.24, 2.45) is 0 Å². The van der Waals surface area contributed by atoms with E-state index < -0.39 is 0 Å². The highest BCUT2D eigenvalue weighted by atomic mass is 16.2. The Kier molecular flexibility index (Phi) is 4.59. The van der Waals surface area contributed by atoms with Crippen LogP contribution >= 0.6 is 0 Å². The topological polar surface area (TPSA) is 32.3 Å². The van der Waals surface area contributed by atoms with Gasteiger partial charge in [-0.1, -0.05) is 31.2 Å². The van der Waals surface area contributed by atoms with Gasteiger partial charge >= 0.3 is 0 Å². The van der Waals surface area contributed by atoms with Crippen molar-refractivity contribution in [3.63, 3.8) is 0 Å². The molecular formula is C18H26N2O. The van der Waals surface area contributed by atoms with Crippen LogP contribution in [0.4, 0.5) is 0 Å². The van der Waals surface area contributed by atoms with E-state index in [0.29, 0.717) is 24.4 Å². The zero-order valence-electron chi connectivity index (χ0n) is 13.0. The zero-order valence-corrected chi connectivity index (χ0v) is 13.0. The Bertz CT molecular complexity index is 474. The van der Waals surface area contributed by atoms with Gasteiger partial charge in [0.1, 0.15) is 0 Å². The van der Waals surface area contributed by atoms with Gasteiger partial charge in [0.15, 0.2) is 0 Å². The molecule has 3 nitrogen and oxygen atoms in total. The van der Waals surface area contributed by atoms with E-state index in [1.54, 1.807) is 0 Å². The van der Waals surface area contributed by atoms with Crippen LogP contribution in [0.1, 0.15) is 50.2 Å². The Morgan fingerprint density at radius 2 is 1.81 bits per heavy atom. The van der Waals surface area contributed by atoms with Crippen LogP contribution in [-0.4, -0.2) is 29.4 Å². The van der Waals surface area contributed by atoms with Crippen LogP contribution in [0.5, 0.6) is 0 Å². The molecule has 2 aliphatic rings. The van der Waals surface area contributed by atoms with E-state index in [-0.39, 0.29) is 0 Å². The fourth-order valence-electron chi connectivity index (χ4n) is 2.70. The monoisotopic (exact) mass is 286 g/mol. The second kappa shape index (κ2) is 6.61. The quantitative estimate of drug-likeness (QED) is 0.797. The molecule has 1 amide bonds. The molecule has 3 heteroatoms. The van der Waals surface area contributed by atoms with Gasteiger partial charge < -0.3 is 10.2 Å². The van der Waals surface area contributed by atoms with Gasteiger partial charge in [0.25, 0.3) is 0 Å². The lowest BCUT2D eigenvalue weighted by atomic mass is 10.1. The molecule has 0 spiro atoms. The van der Waals surface area contributed by atoms with Gasteiger partial charge in [0.2, 0.25) is 5.91 Å². The summed E-state index contributed by atoms with van der Waals surface area (Å²) in [5.41, 5.74) is 2.61. The minimum atomic E-state index is 0.310. The number of amides is 1. The van der Waals surface area contributed by atoms with Crippen molar-refractivity contribution < 1.29 is 4.79 Å². The van der Waals surface area contributed by atoms with Crippen LogP contribution in [0.3, 0.4) is 0 Å². The summed E-state index contributed by atoms with van der Waals surface area (Å²) in [6.07, 6.45) is 6.62. The molecule has 0 aliphatic heterocycles. The van der Waals surface area contributed by atoms with Gasteiger partial charge in [0.05, 0.1) is 0 Å². The van der Waals surface area contributed by atoms with E-state index in [1.807, 2.05) is 0 Å². The van der Waals surface area contributed by atoms with Crippen LogP contribution in [0, 0.1) is 0 Å². The molecule has 114 valence electrons. The lowest BCUT2D eigenvalue weighted by Crippen LogP contribution is -2.34. The molecule has 2 saturated carbocycles. The molecule has 3 rings (SSSR count). The van der Waals surface area contributed by atoms with Crippen LogP contribution < -0.4 is 5.32 Å². The second-order valence-electron chi connectivity index (χ2n) is 6.40. The first-order valence-corrected chi connectivity index (χ1v) is 8.37. The van der Waals surface area contributed by atoms with Crippen molar-refractivity contribution in [3.05, 3.63) is 35.4 Å². The maximum atomic E-state index is 12.4. The highest BCUT2D eigenvalue weighted by molar-refractivity contribution is 5.77. The number of hydrogen-bond acceptors (Lipinski definition) is 2. The normalized spacial score (nSPS) is 17.8. The third-order valence-corrected chi connectivity index (χ3v) is 4.44. The molecule has 21 heavy (non-hydrogen) atoms. The van der Waals surface area contributed by atoms with Crippen molar-refractivity contribution in [3.8, 4) is 0 Å². The Morgan fingerprint density at radius 3 is 2.38 bits per heavy atom. The SMILES string of the molecule is CCc1ccc(CN(C(=O)CCNC2CC2)C2CC2)cc1. The van der Waals surface area contributed by atoms with Gasteiger partial charge in [-0.3, -0.25) is 4.79 Å². The molecule has 1 N–H and O–H groups in total. The number of carbonyl (C=O) groups excluding carboxylic acids is 1. The van der Waals surface area contributed by atoms with E-state index in [0.717, 1.165) is 19.5 Å². The largest absolute Gasteiger partial charge is 0.335 e. The van der Waals surface area contributed by atoms with Gasteiger partial charge in [-0.15, -0.1) is 0 Å². The van der Waals surface area contributed by atoms with Crippen LogP contribution in [0.15, 0.2) is 24.3 Å². The smallest absolute Gasteiger partial charge is 0.224 e. The summed E-state index contributed by atoms with van der Waals surface area (Å²) in [5.74, 6) is 0.310. The Hall–Kier alpha value is -1.35. The highest BCUT2D eigenvalue weighted by Crippen LogP contribution is 2.29. The molecule has 1 aromatic carbocycles. The van der Waals surface area contributed by atoms with E-state index in [9.17, 15) is 4.79 Å². The highest BCUT2D eigenvalue weighted by Gasteiger charge is 2.32. The number of carbonyl (C=O) groups is 1. The van der Waals surface area contributed by atoms with Crippen molar-refractivity contribution >= 4 is 5.91 Å². The van der Waals surface area contributed by atoms with Gasteiger partial charge in [0, 0.05) is 31.6 Å². The van der Waals surface area contributed by atoms with Crippen molar-refractivity contribution in [1.82, 2.24) is 10.2 Å². The molecular weight excluding hydrogens is 260 g/mol. The molecule has 0 aromatic heterocycles. The van der Waals surface area contributed by atoms with Crippen molar-refractivity contribution in [2.75, 3.05) is 6.54 Å². The molecule has 0 radical (unpaired) electrons. The summed E-state index contributed by atoms with van der Waals surface area (Å²) >= 11 is 0. The van der Waals surface area contributed by atoms with Gasteiger partial charge in [-0.25, -0.2) is 0 Å². The fourth-order valence-corrected chi connectivity index (χ4v) is 2.70. The first kappa shape index (κ1) is 14.6. The average Bonchev–Trinajstić information content (AvgIpc) is 3.38. The van der Waals surface area contributed by atoms with E-state index >= 15 is 0 Å². The number of hydrogen-bond donors (Lipinski definition) is 1. The lowest BCUT2D eigenvalue weighted by molar-refractivity contribution is -0.132. The number of rotatable bonds is 8. The van der Waals surface area contributed by atoms with Crippen LogP contribution in [-0.2, 0) is 17.8 Å². The van der Waals surface area contributed by atoms with Gasteiger partial charge in [-0.05, 0) is 43.2 Å². The van der Waals surface area contributed by atoms with Gasteiger partial charge in [-0.2, -0.15) is 0 Å². The minimum absolute atomic E-state index is 0.310. The first-order valence-electron chi connectivity index (χ1n) is 8.37. The molecule has 1 aromatic rings. The summed E-state index contributed by atoms with van der Waals surface area (Å²) in [4.78, 5) is 14.5.